The average Bonchev–Trinajstić information content (AvgIpc) is 2.85. The first-order valence-corrected chi connectivity index (χ1v) is 11.3. The highest BCUT2D eigenvalue weighted by molar-refractivity contribution is 5.94. The molecular weight excluding hydrogens is 457 g/mol. The van der Waals surface area contributed by atoms with E-state index in [9.17, 15) is 18.0 Å². The molecule has 1 aliphatic rings. The molecule has 1 fully saturated rings. The minimum absolute atomic E-state index is 0.0375. The van der Waals surface area contributed by atoms with E-state index >= 15 is 0 Å². The zero-order chi connectivity index (χ0) is 25.3. The van der Waals surface area contributed by atoms with Crippen molar-refractivity contribution in [2.75, 3.05) is 30.8 Å². The minimum atomic E-state index is -4.53. The van der Waals surface area contributed by atoms with Crippen LogP contribution in [0.1, 0.15) is 40.0 Å². The number of hydrogen-bond acceptors (Lipinski definition) is 6. The summed E-state index contributed by atoms with van der Waals surface area (Å²) < 4.78 is 38.2. The number of amides is 1. The number of pyridine rings is 1. The Bertz CT molecular complexity index is 1200. The predicted octanol–water partition coefficient (Wildman–Crippen LogP) is 4.50. The molecule has 0 unspecified atom stereocenters. The second-order valence-electron chi connectivity index (χ2n) is 8.81. The Balaban J connectivity index is 1.42. The summed E-state index contributed by atoms with van der Waals surface area (Å²) in [6.45, 7) is 5.42. The number of hydrogen-bond donors (Lipinski definition) is 1. The van der Waals surface area contributed by atoms with E-state index in [-0.39, 0.29) is 17.5 Å². The molecule has 1 amide bonds. The monoisotopic (exact) mass is 484 g/mol. The van der Waals surface area contributed by atoms with Crippen LogP contribution in [0.3, 0.4) is 0 Å². The molecule has 0 spiro atoms. The molecule has 10 heteroatoms. The van der Waals surface area contributed by atoms with E-state index < -0.39 is 11.9 Å². The summed E-state index contributed by atoms with van der Waals surface area (Å²) in [5, 5.41) is 8.98. The van der Waals surface area contributed by atoms with Crippen LogP contribution in [0.2, 0.25) is 0 Å². The van der Waals surface area contributed by atoms with Gasteiger partial charge in [-0.2, -0.15) is 13.2 Å². The normalized spacial score (nSPS) is 14.7. The fourth-order valence-electron chi connectivity index (χ4n) is 4.33. The van der Waals surface area contributed by atoms with Crippen LogP contribution in [0.25, 0.3) is 11.3 Å². The van der Waals surface area contributed by atoms with Crippen LogP contribution in [0.5, 0.6) is 0 Å². The van der Waals surface area contributed by atoms with Gasteiger partial charge in [0.2, 0.25) is 0 Å². The topological polar surface area (TPSA) is 88.2 Å². The van der Waals surface area contributed by atoms with E-state index in [0.29, 0.717) is 31.6 Å². The number of alkyl halides is 3. The van der Waals surface area contributed by atoms with Crippen LogP contribution in [0.15, 0.2) is 42.6 Å². The molecule has 0 radical (unpaired) electrons. The van der Waals surface area contributed by atoms with Crippen LogP contribution >= 0.6 is 0 Å². The molecule has 1 saturated heterocycles. The van der Waals surface area contributed by atoms with E-state index in [2.05, 4.69) is 20.1 Å². The zero-order valence-corrected chi connectivity index (χ0v) is 19.8. The van der Waals surface area contributed by atoms with E-state index in [4.69, 9.17) is 5.73 Å². The molecule has 2 N–H and O–H groups in total. The van der Waals surface area contributed by atoms with Crippen molar-refractivity contribution in [3.8, 4) is 11.3 Å². The molecule has 1 aromatic carbocycles. The third-order valence-corrected chi connectivity index (χ3v) is 6.61. The first-order chi connectivity index (χ1) is 16.6. The number of anilines is 2. The Hall–Kier alpha value is -3.69. The van der Waals surface area contributed by atoms with Gasteiger partial charge in [0.1, 0.15) is 5.69 Å². The van der Waals surface area contributed by atoms with E-state index in [0.717, 1.165) is 40.5 Å². The molecule has 3 aromatic rings. The summed E-state index contributed by atoms with van der Waals surface area (Å²) in [6.07, 6.45) is -2.14. The number of rotatable bonds is 4. The molecular formula is C25H27F3N6O. The van der Waals surface area contributed by atoms with Gasteiger partial charge >= 0.3 is 6.18 Å². The number of carbonyl (C=O) groups is 1. The van der Waals surface area contributed by atoms with Gasteiger partial charge in [0.25, 0.3) is 5.91 Å². The first kappa shape index (κ1) is 24.4. The van der Waals surface area contributed by atoms with Crippen molar-refractivity contribution in [2.45, 2.75) is 38.9 Å². The fraction of sp³-hybridized carbons (Fsp3) is 0.360. The summed E-state index contributed by atoms with van der Waals surface area (Å²) in [5.41, 5.74) is 9.46. The Kier molecular flexibility index (Phi) is 6.64. The molecule has 184 valence electrons. The van der Waals surface area contributed by atoms with Gasteiger partial charge in [-0.3, -0.25) is 9.78 Å². The van der Waals surface area contributed by atoms with Crippen molar-refractivity contribution in [1.82, 2.24) is 20.1 Å². The molecule has 0 aliphatic carbocycles. The van der Waals surface area contributed by atoms with Gasteiger partial charge in [-0.05, 0) is 62.1 Å². The maximum atomic E-state index is 12.8. The van der Waals surface area contributed by atoms with Gasteiger partial charge in [0.15, 0.2) is 5.82 Å². The quantitative estimate of drug-likeness (QED) is 0.549. The molecule has 3 heterocycles. The maximum absolute atomic E-state index is 12.8. The lowest BCUT2D eigenvalue weighted by Gasteiger charge is -2.37. The lowest BCUT2D eigenvalue weighted by atomic mass is 10.0. The number of nitrogens with two attached hydrogens (primary N) is 1. The maximum Gasteiger partial charge on any atom is 0.433 e. The van der Waals surface area contributed by atoms with Crippen molar-refractivity contribution in [2.24, 2.45) is 0 Å². The highest BCUT2D eigenvalue weighted by atomic mass is 19.4. The van der Waals surface area contributed by atoms with Crippen LogP contribution in [-0.2, 0) is 6.18 Å². The first-order valence-electron chi connectivity index (χ1n) is 11.3. The third-order valence-electron chi connectivity index (χ3n) is 6.61. The molecule has 0 bridgehead atoms. The number of nitrogens with zero attached hydrogens (tertiary/aromatic N) is 5. The van der Waals surface area contributed by atoms with Crippen molar-refractivity contribution < 1.29 is 18.0 Å². The van der Waals surface area contributed by atoms with Crippen molar-refractivity contribution >= 4 is 17.4 Å². The highest BCUT2D eigenvalue weighted by Crippen LogP contribution is 2.31. The summed E-state index contributed by atoms with van der Waals surface area (Å²) in [4.78, 5) is 20.0. The Morgan fingerprint density at radius 2 is 1.69 bits per heavy atom. The Morgan fingerprint density at radius 1 is 1.03 bits per heavy atom. The van der Waals surface area contributed by atoms with Crippen molar-refractivity contribution in [3.63, 3.8) is 0 Å². The highest BCUT2D eigenvalue weighted by Gasteiger charge is 2.33. The standard InChI is InChI=1S/C25H27F3N6O/c1-15-16(2)23(32-31-22(15)17-4-7-19(29)8-5-17)34-12-10-20(11-13-34)33(3)24(35)18-6-9-21(30-14-18)25(26,27)28/h4-9,14,20H,10-13,29H2,1-3H3. The van der Waals surface area contributed by atoms with Gasteiger partial charge < -0.3 is 15.5 Å². The van der Waals surface area contributed by atoms with E-state index in [1.54, 1.807) is 11.9 Å². The number of carbonyl (C=O) groups excluding carboxylic acids is 1. The molecule has 0 atom stereocenters. The van der Waals surface area contributed by atoms with Crippen molar-refractivity contribution in [3.05, 3.63) is 65.0 Å². The lowest BCUT2D eigenvalue weighted by Crippen LogP contribution is -2.46. The zero-order valence-electron chi connectivity index (χ0n) is 19.8. The van der Waals surface area contributed by atoms with Crippen molar-refractivity contribution in [1.29, 1.82) is 0 Å². The molecule has 4 rings (SSSR count). The fourth-order valence-corrected chi connectivity index (χ4v) is 4.33. The Labute approximate surface area is 201 Å². The molecule has 0 saturated carbocycles. The second kappa shape index (κ2) is 9.52. The summed E-state index contributed by atoms with van der Waals surface area (Å²) >= 11 is 0. The number of nitrogen functional groups attached to an aromatic ring is 1. The van der Waals surface area contributed by atoms with Gasteiger partial charge in [-0.15, -0.1) is 10.2 Å². The number of benzene rings is 1. The van der Waals surface area contributed by atoms with Gasteiger partial charge in [0, 0.05) is 43.6 Å². The minimum Gasteiger partial charge on any atom is -0.399 e. The van der Waals surface area contributed by atoms with E-state index in [1.165, 1.54) is 6.07 Å². The van der Waals surface area contributed by atoms with E-state index in [1.807, 2.05) is 38.1 Å². The number of aromatic nitrogens is 3. The van der Waals surface area contributed by atoms with Crippen LogP contribution in [0, 0.1) is 13.8 Å². The molecule has 2 aromatic heterocycles. The molecule has 1 aliphatic heterocycles. The SMILES string of the molecule is Cc1c(-c2ccc(N)cc2)nnc(N2CCC(N(C)C(=O)c3ccc(C(F)(F)F)nc3)CC2)c1C. The summed E-state index contributed by atoms with van der Waals surface area (Å²) in [7, 11) is 1.68. The smallest absolute Gasteiger partial charge is 0.399 e. The van der Waals surface area contributed by atoms with Crippen LogP contribution in [0.4, 0.5) is 24.7 Å². The Morgan fingerprint density at radius 3 is 2.26 bits per heavy atom. The van der Waals surface area contributed by atoms with Crippen LogP contribution < -0.4 is 10.6 Å². The third kappa shape index (κ3) is 5.06. The lowest BCUT2D eigenvalue weighted by molar-refractivity contribution is -0.141. The van der Waals surface area contributed by atoms with Gasteiger partial charge in [-0.25, -0.2) is 0 Å². The number of halogens is 3. The van der Waals surface area contributed by atoms with Gasteiger partial charge in [-0.1, -0.05) is 12.1 Å². The number of piperidine rings is 1. The summed E-state index contributed by atoms with van der Waals surface area (Å²) in [6, 6.07) is 9.50. The second-order valence-corrected chi connectivity index (χ2v) is 8.81. The molecule has 35 heavy (non-hydrogen) atoms. The predicted molar refractivity (Wildman–Crippen MR) is 128 cm³/mol. The summed E-state index contributed by atoms with van der Waals surface area (Å²) in [5.74, 6) is 0.477. The van der Waals surface area contributed by atoms with Gasteiger partial charge in [0.05, 0.1) is 11.3 Å². The molecule has 7 nitrogen and oxygen atoms in total. The average molecular weight is 485 g/mol. The van der Waals surface area contributed by atoms with Crippen LogP contribution in [-0.4, -0.2) is 52.2 Å². The largest absolute Gasteiger partial charge is 0.433 e.